The van der Waals surface area contributed by atoms with Gasteiger partial charge in [-0.1, -0.05) is 18.2 Å². The van der Waals surface area contributed by atoms with Gasteiger partial charge in [-0.3, -0.25) is 4.79 Å². The summed E-state index contributed by atoms with van der Waals surface area (Å²) in [6.45, 7) is 4.51. The smallest absolute Gasteiger partial charge is 0.342 e. The molecule has 4 rings (SSSR count). The van der Waals surface area contributed by atoms with Crippen LogP contribution in [0.4, 0.5) is 8.78 Å². The van der Waals surface area contributed by atoms with E-state index in [1.165, 1.54) is 6.07 Å². The van der Waals surface area contributed by atoms with Crippen LogP contribution in [0.2, 0.25) is 0 Å². The van der Waals surface area contributed by atoms with Gasteiger partial charge in [0.1, 0.15) is 0 Å². The lowest BCUT2D eigenvalue weighted by atomic mass is 10.0. The van der Waals surface area contributed by atoms with Crippen molar-refractivity contribution in [2.75, 3.05) is 13.1 Å². The van der Waals surface area contributed by atoms with Crippen molar-refractivity contribution in [3.05, 3.63) is 77.1 Å². The van der Waals surface area contributed by atoms with E-state index in [1.807, 2.05) is 29.2 Å². The van der Waals surface area contributed by atoms with Crippen molar-refractivity contribution >= 4 is 28.2 Å². The van der Waals surface area contributed by atoms with Gasteiger partial charge >= 0.3 is 5.97 Å². The number of aromatic amines is 1. The molecule has 0 radical (unpaired) electrons. The molecule has 1 aliphatic rings. The molecule has 3 aromatic rings. The number of fused-ring (bicyclic) bond motifs is 3. The van der Waals surface area contributed by atoms with Crippen LogP contribution in [0.1, 0.15) is 41.9 Å². The van der Waals surface area contributed by atoms with Crippen molar-refractivity contribution < 1.29 is 23.1 Å². The highest BCUT2D eigenvalue weighted by Gasteiger charge is 2.26. The largest absolute Gasteiger partial charge is 0.459 e. The van der Waals surface area contributed by atoms with Crippen molar-refractivity contribution in [1.82, 2.24) is 9.88 Å². The van der Waals surface area contributed by atoms with Crippen LogP contribution in [0.3, 0.4) is 0 Å². The fourth-order valence-corrected chi connectivity index (χ4v) is 3.92. The van der Waals surface area contributed by atoms with E-state index < -0.39 is 17.6 Å². The van der Waals surface area contributed by atoms with Gasteiger partial charge in [0.15, 0.2) is 17.4 Å². The first-order valence-corrected chi connectivity index (χ1v) is 10.6. The fourth-order valence-electron chi connectivity index (χ4n) is 3.92. The number of para-hydroxylation sites is 1. The standard InChI is InChI=1S/C25H24F2N2O3/c1-15(2)32-25(31)19-14-29(12-10-23(30)16-7-8-20(26)21(27)13-16)11-9-18-17-5-3-4-6-22(17)28-24(18)19/h3-8,13-15,28H,9-12H2,1-2H3. The summed E-state index contributed by atoms with van der Waals surface area (Å²) >= 11 is 0. The van der Waals surface area contributed by atoms with Gasteiger partial charge in [-0.25, -0.2) is 13.6 Å². The molecule has 1 N–H and O–H groups in total. The maximum Gasteiger partial charge on any atom is 0.342 e. The van der Waals surface area contributed by atoms with Gasteiger partial charge < -0.3 is 14.6 Å². The van der Waals surface area contributed by atoms with Gasteiger partial charge in [0.2, 0.25) is 0 Å². The number of carbonyl (C=O) groups is 2. The summed E-state index contributed by atoms with van der Waals surface area (Å²) in [6, 6.07) is 11.0. The van der Waals surface area contributed by atoms with Crippen LogP contribution in [-0.4, -0.2) is 40.8 Å². The molecule has 0 bridgehead atoms. The number of nitrogens with zero attached hydrogens (tertiary/aromatic N) is 1. The fraction of sp³-hybridized carbons (Fsp3) is 0.280. The number of carbonyl (C=O) groups excluding carboxylic acids is 2. The Labute approximate surface area is 184 Å². The Morgan fingerprint density at radius 3 is 2.66 bits per heavy atom. The molecule has 0 saturated carbocycles. The average Bonchev–Trinajstić information content (AvgIpc) is 3.02. The minimum absolute atomic E-state index is 0.1000. The zero-order valence-electron chi connectivity index (χ0n) is 18.0. The lowest BCUT2D eigenvalue weighted by Gasteiger charge is -2.19. The van der Waals surface area contributed by atoms with Gasteiger partial charge in [0.05, 0.1) is 17.4 Å². The number of nitrogens with one attached hydrogen (secondary N) is 1. The van der Waals surface area contributed by atoms with Gasteiger partial charge in [-0.05, 0) is 50.1 Å². The molecule has 0 spiro atoms. The van der Waals surface area contributed by atoms with Crippen LogP contribution in [0.5, 0.6) is 0 Å². The van der Waals surface area contributed by atoms with E-state index in [-0.39, 0.29) is 23.9 Å². The minimum Gasteiger partial charge on any atom is -0.459 e. The maximum absolute atomic E-state index is 13.5. The molecular weight excluding hydrogens is 414 g/mol. The Hall–Kier alpha value is -3.48. The Kier molecular flexibility index (Phi) is 6.08. The van der Waals surface area contributed by atoms with Gasteiger partial charge in [-0.2, -0.15) is 0 Å². The molecule has 2 heterocycles. The topological polar surface area (TPSA) is 62.4 Å². The van der Waals surface area contributed by atoms with Crippen LogP contribution in [0.15, 0.2) is 48.7 Å². The summed E-state index contributed by atoms with van der Waals surface area (Å²) in [7, 11) is 0. The van der Waals surface area contributed by atoms with E-state index >= 15 is 0 Å². The third-order valence-electron chi connectivity index (χ3n) is 5.47. The molecule has 2 aromatic carbocycles. The highest BCUT2D eigenvalue weighted by molar-refractivity contribution is 6.17. The summed E-state index contributed by atoms with van der Waals surface area (Å²) in [5, 5.41) is 1.05. The van der Waals surface area contributed by atoms with E-state index in [0.29, 0.717) is 25.1 Å². The SMILES string of the molecule is CC(C)OC(=O)C1=CN(CCC(=O)c2ccc(F)c(F)c2)CCc2c1[nH]c1ccccc21. The second kappa shape index (κ2) is 8.94. The molecule has 0 fully saturated rings. The molecule has 1 aromatic heterocycles. The number of ether oxygens (including phenoxy) is 1. The summed E-state index contributed by atoms with van der Waals surface area (Å²) in [6.07, 6.45) is 2.23. The third-order valence-corrected chi connectivity index (χ3v) is 5.47. The first-order valence-electron chi connectivity index (χ1n) is 10.6. The highest BCUT2D eigenvalue weighted by Crippen LogP contribution is 2.31. The number of rotatable bonds is 6. The normalized spacial score (nSPS) is 13.7. The highest BCUT2D eigenvalue weighted by atomic mass is 19.2. The summed E-state index contributed by atoms with van der Waals surface area (Å²) < 4.78 is 32.1. The third kappa shape index (κ3) is 4.42. The molecular formula is C25H24F2N2O3. The van der Waals surface area contributed by atoms with Crippen molar-refractivity contribution in [2.45, 2.75) is 32.8 Å². The zero-order valence-corrected chi connectivity index (χ0v) is 18.0. The Morgan fingerprint density at radius 1 is 1.12 bits per heavy atom. The predicted octanol–water partition coefficient (Wildman–Crippen LogP) is 4.87. The second-order valence-corrected chi connectivity index (χ2v) is 8.11. The number of hydrogen-bond acceptors (Lipinski definition) is 4. The molecule has 0 saturated heterocycles. The lowest BCUT2D eigenvalue weighted by molar-refractivity contribution is -0.140. The molecule has 0 aliphatic carbocycles. The Bertz CT molecular complexity index is 1210. The summed E-state index contributed by atoms with van der Waals surface area (Å²) in [5.74, 6) is -2.77. The van der Waals surface area contributed by atoms with Crippen molar-refractivity contribution in [1.29, 1.82) is 0 Å². The number of benzene rings is 2. The maximum atomic E-state index is 13.5. The van der Waals surface area contributed by atoms with Crippen LogP contribution in [-0.2, 0) is 16.0 Å². The predicted molar refractivity (Wildman–Crippen MR) is 118 cm³/mol. The van der Waals surface area contributed by atoms with Crippen molar-refractivity contribution in [3.63, 3.8) is 0 Å². The van der Waals surface area contributed by atoms with E-state index in [0.717, 1.165) is 34.3 Å². The molecule has 5 nitrogen and oxygen atoms in total. The van der Waals surface area contributed by atoms with Crippen LogP contribution in [0.25, 0.3) is 16.5 Å². The molecule has 32 heavy (non-hydrogen) atoms. The quantitative estimate of drug-likeness (QED) is 0.441. The van der Waals surface area contributed by atoms with E-state index in [2.05, 4.69) is 4.98 Å². The molecule has 1 aliphatic heterocycles. The summed E-state index contributed by atoms with van der Waals surface area (Å²) in [5.41, 5.74) is 3.23. The Morgan fingerprint density at radius 2 is 1.91 bits per heavy atom. The van der Waals surface area contributed by atoms with Gasteiger partial charge in [-0.15, -0.1) is 0 Å². The Balaban J connectivity index is 1.59. The number of H-pyrrole nitrogens is 1. The number of Topliss-reactive ketones (excluding diaryl/α,β-unsaturated/α-hetero) is 1. The monoisotopic (exact) mass is 438 g/mol. The molecule has 0 amide bonds. The number of hydrogen-bond donors (Lipinski definition) is 1. The zero-order chi connectivity index (χ0) is 22.8. The second-order valence-electron chi connectivity index (χ2n) is 8.11. The molecule has 0 unspecified atom stereocenters. The number of esters is 1. The van der Waals surface area contributed by atoms with Gasteiger partial charge in [0.25, 0.3) is 0 Å². The lowest BCUT2D eigenvalue weighted by Crippen LogP contribution is -2.24. The van der Waals surface area contributed by atoms with E-state index in [4.69, 9.17) is 4.74 Å². The molecule has 7 heteroatoms. The number of ketones is 1. The van der Waals surface area contributed by atoms with Crippen LogP contribution in [0, 0.1) is 11.6 Å². The minimum atomic E-state index is -1.05. The van der Waals surface area contributed by atoms with Crippen molar-refractivity contribution in [3.8, 4) is 0 Å². The van der Waals surface area contributed by atoms with Crippen molar-refractivity contribution in [2.24, 2.45) is 0 Å². The molecule has 0 atom stereocenters. The first kappa shape index (κ1) is 21.7. The number of halogens is 2. The molecule has 166 valence electrons. The number of aromatic nitrogens is 1. The summed E-state index contributed by atoms with van der Waals surface area (Å²) in [4.78, 5) is 30.6. The van der Waals surface area contributed by atoms with Crippen LogP contribution < -0.4 is 0 Å². The van der Waals surface area contributed by atoms with E-state index in [9.17, 15) is 18.4 Å². The van der Waals surface area contributed by atoms with Gasteiger partial charge in [0, 0.05) is 42.2 Å². The first-order chi connectivity index (χ1) is 15.3. The van der Waals surface area contributed by atoms with E-state index in [1.54, 1.807) is 20.0 Å². The average molecular weight is 438 g/mol. The van der Waals surface area contributed by atoms with Crippen LogP contribution >= 0.6 is 0 Å².